The van der Waals surface area contributed by atoms with Gasteiger partial charge >= 0.3 is 0 Å². The van der Waals surface area contributed by atoms with Crippen molar-refractivity contribution in [1.29, 1.82) is 0 Å². The minimum atomic E-state index is -0.433. The lowest BCUT2D eigenvalue weighted by Crippen LogP contribution is -2.13. The Balaban J connectivity index is 2.21. The van der Waals surface area contributed by atoms with E-state index < -0.39 is 6.04 Å². The van der Waals surface area contributed by atoms with Gasteiger partial charge < -0.3 is 5.73 Å². The summed E-state index contributed by atoms with van der Waals surface area (Å²) in [6.45, 7) is 0. The fourth-order valence-corrected chi connectivity index (χ4v) is 3.22. The predicted molar refractivity (Wildman–Crippen MR) is 89.1 cm³/mol. The lowest BCUT2D eigenvalue weighted by molar-refractivity contribution is 0.616. The van der Waals surface area contributed by atoms with Crippen LogP contribution in [0.15, 0.2) is 59.1 Å². The molecule has 0 fully saturated rings. The average Bonchev–Trinajstić information content (AvgIpc) is 2.50. The molecular formula is C17H12BrClFN. The van der Waals surface area contributed by atoms with Crippen molar-refractivity contribution in [3.05, 3.63) is 81.0 Å². The van der Waals surface area contributed by atoms with E-state index >= 15 is 0 Å². The van der Waals surface area contributed by atoms with E-state index in [4.69, 9.17) is 17.3 Å². The first-order valence-electron chi connectivity index (χ1n) is 6.46. The summed E-state index contributed by atoms with van der Waals surface area (Å²) in [5.74, 6) is -0.318. The van der Waals surface area contributed by atoms with E-state index in [1.807, 2.05) is 42.5 Å². The Bertz CT molecular complexity index is 819. The number of hydrogen-bond donors (Lipinski definition) is 1. The van der Waals surface area contributed by atoms with Crippen LogP contribution in [0.3, 0.4) is 0 Å². The van der Waals surface area contributed by atoms with Gasteiger partial charge in [-0.2, -0.15) is 0 Å². The maximum absolute atomic E-state index is 13.7. The van der Waals surface area contributed by atoms with Gasteiger partial charge in [-0.3, -0.25) is 0 Å². The van der Waals surface area contributed by atoms with Crippen LogP contribution in [0.25, 0.3) is 10.8 Å². The molecule has 1 atom stereocenters. The maximum atomic E-state index is 13.7. The maximum Gasteiger partial charge on any atom is 0.137 e. The van der Waals surface area contributed by atoms with Crippen LogP contribution >= 0.6 is 27.5 Å². The number of rotatable bonds is 2. The van der Waals surface area contributed by atoms with E-state index in [0.717, 1.165) is 16.3 Å². The molecule has 3 aromatic carbocycles. The van der Waals surface area contributed by atoms with Crippen molar-refractivity contribution in [3.63, 3.8) is 0 Å². The third-order valence-electron chi connectivity index (χ3n) is 3.56. The van der Waals surface area contributed by atoms with Gasteiger partial charge in [-0.25, -0.2) is 4.39 Å². The summed E-state index contributed by atoms with van der Waals surface area (Å²) in [6, 6.07) is 16.0. The molecule has 4 heteroatoms. The lowest BCUT2D eigenvalue weighted by Gasteiger charge is -2.17. The molecule has 21 heavy (non-hydrogen) atoms. The molecule has 1 unspecified atom stereocenters. The van der Waals surface area contributed by atoms with E-state index in [1.54, 1.807) is 6.07 Å². The zero-order valence-corrected chi connectivity index (χ0v) is 13.3. The number of halogens is 3. The summed E-state index contributed by atoms with van der Waals surface area (Å²) in [7, 11) is 0. The van der Waals surface area contributed by atoms with Gasteiger partial charge in [-0.05, 0) is 44.6 Å². The smallest absolute Gasteiger partial charge is 0.137 e. The van der Waals surface area contributed by atoms with E-state index in [2.05, 4.69) is 15.9 Å². The molecule has 3 aromatic rings. The van der Waals surface area contributed by atoms with Crippen LogP contribution < -0.4 is 5.73 Å². The molecule has 1 nitrogen and oxygen atoms in total. The summed E-state index contributed by atoms with van der Waals surface area (Å²) in [5, 5.41) is 2.60. The Hall–Kier alpha value is -1.42. The van der Waals surface area contributed by atoms with Crippen LogP contribution in [0, 0.1) is 5.82 Å². The van der Waals surface area contributed by atoms with Gasteiger partial charge in [0, 0.05) is 10.4 Å². The number of fused-ring (bicyclic) bond motifs is 1. The quantitative estimate of drug-likeness (QED) is 0.643. The van der Waals surface area contributed by atoms with Crippen molar-refractivity contribution in [3.8, 4) is 0 Å². The van der Waals surface area contributed by atoms with Gasteiger partial charge in [0.25, 0.3) is 0 Å². The second-order valence-electron chi connectivity index (χ2n) is 4.80. The van der Waals surface area contributed by atoms with Gasteiger partial charge in [0.1, 0.15) is 5.82 Å². The molecule has 0 amide bonds. The molecular weight excluding hydrogens is 353 g/mol. The van der Waals surface area contributed by atoms with Gasteiger partial charge in [-0.15, -0.1) is 0 Å². The predicted octanol–water partition coefficient (Wildman–Crippen LogP) is 5.44. The Morgan fingerprint density at radius 1 is 0.905 bits per heavy atom. The molecule has 2 N–H and O–H groups in total. The highest BCUT2D eigenvalue weighted by Gasteiger charge is 2.17. The third kappa shape index (κ3) is 2.57. The largest absolute Gasteiger partial charge is 0.320 e. The normalized spacial score (nSPS) is 12.6. The van der Waals surface area contributed by atoms with Gasteiger partial charge in [0.05, 0.1) is 10.5 Å². The first-order chi connectivity index (χ1) is 10.1. The molecule has 0 saturated carbocycles. The van der Waals surface area contributed by atoms with Gasteiger partial charge in [0.15, 0.2) is 0 Å². The Labute approximate surface area is 135 Å². The highest BCUT2D eigenvalue weighted by Crippen LogP contribution is 2.34. The summed E-state index contributed by atoms with van der Waals surface area (Å²) in [5.41, 5.74) is 7.99. The fraction of sp³-hybridized carbons (Fsp3) is 0.0588. The number of nitrogens with two attached hydrogens (primary N) is 1. The van der Waals surface area contributed by atoms with Crippen LogP contribution in [0.5, 0.6) is 0 Å². The van der Waals surface area contributed by atoms with Gasteiger partial charge in [0.2, 0.25) is 0 Å². The minimum Gasteiger partial charge on any atom is -0.320 e. The molecule has 0 bridgehead atoms. The van der Waals surface area contributed by atoms with Crippen LogP contribution in [-0.2, 0) is 0 Å². The van der Waals surface area contributed by atoms with Gasteiger partial charge in [-0.1, -0.05) is 54.1 Å². The van der Waals surface area contributed by atoms with Crippen molar-refractivity contribution in [2.24, 2.45) is 5.73 Å². The Kier molecular flexibility index (Phi) is 3.98. The number of hydrogen-bond acceptors (Lipinski definition) is 1. The molecule has 3 rings (SSSR count). The van der Waals surface area contributed by atoms with Crippen LogP contribution in [-0.4, -0.2) is 0 Å². The molecule has 0 aliphatic heterocycles. The van der Waals surface area contributed by atoms with Crippen molar-refractivity contribution in [2.75, 3.05) is 0 Å². The highest BCUT2D eigenvalue weighted by atomic mass is 79.9. The van der Waals surface area contributed by atoms with E-state index in [-0.39, 0.29) is 5.82 Å². The molecule has 0 heterocycles. The van der Waals surface area contributed by atoms with E-state index in [9.17, 15) is 4.39 Å². The molecule has 0 aromatic heterocycles. The van der Waals surface area contributed by atoms with Crippen LogP contribution in [0.2, 0.25) is 5.02 Å². The first kappa shape index (κ1) is 14.5. The summed E-state index contributed by atoms with van der Waals surface area (Å²) in [6.07, 6.45) is 0. The molecule has 0 radical (unpaired) electrons. The fourth-order valence-electron chi connectivity index (χ4n) is 2.49. The topological polar surface area (TPSA) is 26.0 Å². The molecule has 106 valence electrons. The highest BCUT2D eigenvalue weighted by molar-refractivity contribution is 9.10. The molecule has 0 aliphatic carbocycles. The second kappa shape index (κ2) is 5.76. The van der Waals surface area contributed by atoms with Crippen LogP contribution in [0.1, 0.15) is 17.2 Å². The van der Waals surface area contributed by atoms with E-state index in [0.29, 0.717) is 15.1 Å². The molecule has 0 saturated heterocycles. The Morgan fingerprint density at radius 2 is 1.62 bits per heavy atom. The zero-order valence-electron chi connectivity index (χ0n) is 11.0. The summed E-state index contributed by atoms with van der Waals surface area (Å²) < 4.78 is 14.1. The SMILES string of the molecule is NC(c1cccc(F)c1Br)c1ccc(Cl)c2ccccc12. The zero-order chi connectivity index (χ0) is 15.0. The minimum absolute atomic E-state index is 0.318. The van der Waals surface area contributed by atoms with Crippen LogP contribution in [0.4, 0.5) is 4.39 Å². The average molecular weight is 365 g/mol. The standard InChI is InChI=1S/C17H12BrClFN/c18-16-13(6-3-7-15(16)20)17(21)12-8-9-14(19)11-5-2-1-4-10(11)12/h1-9,17H,21H2. The second-order valence-corrected chi connectivity index (χ2v) is 6.00. The summed E-state index contributed by atoms with van der Waals surface area (Å²) in [4.78, 5) is 0. The summed E-state index contributed by atoms with van der Waals surface area (Å²) >= 11 is 9.50. The molecule has 0 aliphatic rings. The third-order valence-corrected chi connectivity index (χ3v) is 4.72. The monoisotopic (exact) mass is 363 g/mol. The van der Waals surface area contributed by atoms with Crippen molar-refractivity contribution >= 4 is 38.3 Å². The Morgan fingerprint density at radius 3 is 2.38 bits per heavy atom. The van der Waals surface area contributed by atoms with Crippen molar-refractivity contribution < 1.29 is 4.39 Å². The number of benzene rings is 3. The lowest BCUT2D eigenvalue weighted by atomic mass is 9.94. The first-order valence-corrected chi connectivity index (χ1v) is 7.63. The molecule has 0 spiro atoms. The van der Waals surface area contributed by atoms with Crippen molar-refractivity contribution in [1.82, 2.24) is 0 Å². The van der Waals surface area contributed by atoms with Crippen molar-refractivity contribution in [2.45, 2.75) is 6.04 Å². The van der Waals surface area contributed by atoms with E-state index in [1.165, 1.54) is 6.07 Å².